The van der Waals surface area contributed by atoms with E-state index in [0.717, 1.165) is 6.42 Å². The van der Waals surface area contributed by atoms with Crippen LogP contribution in [0.15, 0.2) is 0 Å². The van der Waals surface area contributed by atoms with Crippen molar-refractivity contribution in [3.8, 4) is 0 Å². The van der Waals surface area contributed by atoms with Gasteiger partial charge in [0, 0.05) is 19.8 Å². The SMILES string of the molecule is CCOCCCNC(=O)[C@@H](N)[C@@H](C)OC(C)(C)C. The summed E-state index contributed by atoms with van der Waals surface area (Å²) in [7, 11) is 0. The summed E-state index contributed by atoms with van der Waals surface area (Å²) in [4.78, 5) is 11.7. The molecule has 0 radical (unpaired) electrons. The molecule has 18 heavy (non-hydrogen) atoms. The van der Waals surface area contributed by atoms with Crippen LogP contribution in [-0.2, 0) is 14.3 Å². The number of hydrogen-bond acceptors (Lipinski definition) is 4. The first-order valence-electron chi connectivity index (χ1n) is 6.56. The van der Waals surface area contributed by atoms with Gasteiger partial charge in [-0.05, 0) is 41.0 Å². The van der Waals surface area contributed by atoms with Crippen molar-refractivity contribution in [1.29, 1.82) is 0 Å². The van der Waals surface area contributed by atoms with Crippen LogP contribution in [-0.4, -0.2) is 43.4 Å². The lowest BCUT2D eigenvalue weighted by Crippen LogP contribution is -2.50. The van der Waals surface area contributed by atoms with Crippen LogP contribution >= 0.6 is 0 Å². The van der Waals surface area contributed by atoms with Gasteiger partial charge < -0.3 is 20.5 Å². The average Bonchev–Trinajstić information content (AvgIpc) is 2.25. The van der Waals surface area contributed by atoms with Gasteiger partial charge in [0.05, 0.1) is 11.7 Å². The second-order valence-electron chi connectivity index (χ2n) is 5.30. The Morgan fingerprint density at radius 3 is 2.50 bits per heavy atom. The highest BCUT2D eigenvalue weighted by Crippen LogP contribution is 2.12. The van der Waals surface area contributed by atoms with Gasteiger partial charge in [-0.15, -0.1) is 0 Å². The Bertz CT molecular complexity index is 239. The van der Waals surface area contributed by atoms with Gasteiger partial charge in [0.1, 0.15) is 6.04 Å². The van der Waals surface area contributed by atoms with E-state index in [9.17, 15) is 4.79 Å². The van der Waals surface area contributed by atoms with Crippen LogP contribution in [0.3, 0.4) is 0 Å². The summed E-state index contributed by atoms with van der Waals surface area (Å²) >= 11 is 0. The molecule has 0 aromatic rings. The van der Waals surface area contributed by atoms with Crippen LogP contribution in [0.25, 0.3) is 0 Å². The van der Waals surface area contributed by atoms with Crippen molar-refractivity contribution in [2.45, 2.75) is 58.8 Å². The zero-order valence-electron chi connectivity index (χ0n) is 12.3. The molecule has 108 valence electrons. The molecule has 0 rings (SSSR count). The highest BCUT2D eigenvalue weighted by atomic mass is 16.5. The molecule has 0 fully saturated rings. The fourth-order valence-corrected chi connectivity index (χ4v) is 1.49. The topological polar surface area (TPSA) is 73.6 Å². The summed E-state index contributed by atoms with van der Waals surface area (Å²) < 4.78 is 10.8. The molecular formula is C13H28N2O3. The molecule has 0 aliphatic rings. The lowest BCUT2D eigenvalue weighted by atomic mass is 10.1. The summed E-state index contributed by atoms with van der Waals surface area (Å²) in [5.41, 5.74) is 5.54. The predicted octanol–water partition coefficient (Wildman–Crippen LogP) is 1.06. The summed E-state index contributed by atoms with van der Waals surface area (Å²) in [6.45, 7) is 11.5. The van der Waals surface area contributed by atoms with Crippen LogP contribution < -0.4 is 11.1 Å². The summed E-state index contributed by atoms with van der Waals surface area (Å²) in [5, 5.41) is 2.78. The number of nitrogens with one attached hydrogen (secondary N) is 1. The fourth-order valence-electron chi connectivity index (χ4n) is 1.49. The fraction of sp³-hybridized carbons (Fsp3) is 0.923. The first kappa shape index (κ1) is 17.4. The molecule has 0 spiro atoms. The maximum atomic E-state index is 11.7. The molecule has 0 aromatic carbocycles. The van der Waals surface area contributed by atoms with Crippen LogP contribution in [0.2, 0.25) is 0 Å². The second-order valence-corrected chi connectivity index (χ2v) is 5.30. The second kappa shape index (κ2) is 8.45. The van der Waals surface area contributed by atoms with Gasteiger partial charge in [0.15, 0.2) is 0 Å². The van der Waals surface area contributed by atoms with Crippen molar-refractivity contribution in [2.75, 3.05) is 19.8 Å². The van der Waals surface area contributed by atoms with Gasteiger partial charge in [0.25, 0.3) is 0 Å². The molecule has 0 aliphatic carbocycles. The van der Waals surface area contributed by atoms with Gasteiger partial charge in [-0.2, -0.15) is 0 Å². The molecule has 0 saturated carbocycles. The van der Waals surface area contributed by atoms with E-state index in [1.54, 1.807) is 0 Å². The zero-order valence-corrected chi connectivity index (χ0v) is 12.3. The van der Waals surface area contributed by atoms with Gasteiger partial charge in [-0.3, -0.25) is 4.79 Å². The number of carbonyl (C=O) groups excluding carboxylic acids is 1. The average molecular weight is 260 g/mol. The molecular weight excluding hydrogens is 232 g/mol. The third kappa shape index (κ3) is 8.44. The molecule has 3 N–H and O–H groups in total. The van der Waals surface area contributed by atoms with Gasteiger partial charge in [-0.25, -0.2) is 0 Å². The molecule has 0 aromatic heterocycles. The minimum absolute atomic E-state index is 0.178. The molecule has 0 aliphatic heterocycles. The number of nitrogens with two attached hydrogens (primary N) is 1. The van der Waals surface area contributed by atoms with Crippen LogP contribution in [0.4, 0.5) is 0 Å². The normalized spacial score (nSPS) is 15.2. The van der Waals surface area contributed by atoms with Crippen molar-refractivity contribution in [2.24, 2.45) is 5.73 Å². The number of carbonyl (C=O) groups is 1. The monoisotopic (exact) mass is 260 g/mol. The van der Waals surface area contributed by atoms with Gasteiger partial charge in [0.2, 0.25) is 5.91 Å². The van der Waals surface area contributed by atoms with Crippen molar-refractivity contribution >= 4 is 5.91 Å². The maximum Gasteiger partial charge on any atom is 0.239 e. The number of rotatable bonds is 8. The molecule has 1 amide bonds. The zero-order chi connectivity index (χ0) is 14.2. The Morgan fingerprint density at radius 1 is 1.39 bits per heavy atom. The van der Waals surface area contributed by atoms with E-state index < -0.39 is 6.04 Å². The molecule has 0 saturated heterocycles. The largest absolute Gasteiger partial charge is 0.382 e. The van der Waals surface area contributed by atoms with E-state index >= 15 is 0 Å². The van der Waals surface area contributed by atoms with Crippen molar-refractivity contribution in [3.05, 3.63) is 0 Å². The van der Waals surface area contributed by atoms with Gasteiger partial charge in [-0.1, -0.05) is 0 Å². The Hall–Kier alpha value is -0.650. The lowest BCUT2D eigenvalue weighted by molar-refractivity contribution is -0.129. The minimum atomic E-state index is -0.642. The predicted molar refractivity (Wildman–Crippen MR) is 72.4 cm³/mol. The Kier molecular flexibility index (Phi) is 8.15. The van der Waals surface area contributed by atoms with E-state index in [1.165, 1.54) is 0 Å². The van der Waals surface area contributed by atoms with Crippen LogP contribution in [0.5, 0.6) is 0 Å². The number of hydrogen-bond donors (Lipinski definition) is 2. The quantitative estimate of drug-likeness (QED) is 0.640. The third-order valence-corrected chi connectivity index (χ3v) is 2.32. The highest BCUT2D eigenvalue weighted by molar-refractivity contribution is 5.82. The first-order chi connectivity index (χ1) is 8.28. The molecule has 5 nitrogen and oxygen atoms in total. The number of ether oxygens (including phenoxy) is 2. The third-order valence-electron chi connectivity index (χ3n) is 2.32. The van der Waals surface area contributed by atoms with E-state index in [2.05, 4.69) is 5.32 Å². The summed E-state index contributed by atoms with van der Waals surface area (Å²) in [6.07, 6.45) is 0.484. The Labute approximate surface area is 110 Å². The van der Waals surface area contributed by atoms with E-state index in [1.807, 2.05) is 34.6 Å². The summed E-state index contributed by atoms with van der Waals surface area (Å²) in [6, 6.07) is -0.642. The van der Waals surface area contributed by atoms with E-state index in [-0.39, 0.29) is 17.6 Å². The number of amides is 1. The lowest BCUT2D eigenvalue weighted by Gasteiger charge is -2.28. The Morgan fingerprint density at radius 2 is 2.00 bits per heavy atom. The smallest absolute Gasteiger partial charge is 0.239 e. The van der Waals surface area contributed by atoms with Crippen LogP contribution in [0, 0.1) is 0 Å². The molecule has 2 atom stereocenters. The van der Waals surface area contributed by atoms with Crippen molar-refractivity contribution in [3.63, 3.8) is 0 Å². The molecule has 0 heterocycles. The summed E-state index contributed by atoms with van der Waals surface area (Å²) in [5.74, 6) is -0.178. The standard InChI is InChI=1S/C13H28N2O3/c1-6-17-9-7-8-15-12(16)11(14)10(2)18-13(3,4)5/h10-11H,6-9,14H2,1-5H3,(H,15,16)/t10-,11+/m1/s1. The first-order valence-corrected chi connectivity index (χ1v) is 6.56. The minimum Gasteiger partial charge on any atom is -0.382 e. The van der Waals surface area contributed by atoms with Gasteiger partial charge >= 0.3 is 0 Å². The van der Waals surface area contributed by atoms with E-state index in [0.29, 0.717) is 19.8 Å². The highest BCUT2D eigenvalue weighted by Gasteiger charge is 2.25. The molecule has 5 heteroatoms. The van der Waals surface area contributed by atoms with Crippen molar-refractivity contribution in [1.82, 2.24) is 5.32 Å². The maximum absolute atomic E-state index is 11.7. The molecule has 0 unspecified atom stereocenters. The van der Waals surface area contributed by atoms with Crippen LogP contribution in [0.1, 0.15) is 41.0 Å². The van der Waals surface area contributed by atoms with E-state index in [4.69, 9.17) is 15.2 Å². The Balaban J connectivity index is 3.88. The molecule has 0 bridgehead atoms. The van der Waals surface area contributed by atoms with Crippen molar-refractivity contribution < 1.29 is 14.3 Å².